The van der Waals surface area contributed by atoms with Crippen LogP contribution in [0.3, 0.4) is 0 Å². The Morgan fingerprint density at radius 2 is 1.97 bits per heavy atom. The first-order valence-electron chi connectivity index (χ1n) is 14.4. The van der Waals surface area contributed by atoms with Gasteiger partial charge < -0.3 is 25.8 Å². The third kappa shape index (κ3) is 9.13. The highest BCUT2D eigenvalue weighted by Crippen LogP contribution is 2.44. The van der Waals surface area contributed by atoms with Crippen molar-refractivity contribution >= 4 is 5.91 Å². The minimum Gasteiger partial charge on any atom is -0.490 e. The fourth-order valence-electron chi connectivity index (χ4n) is 5.21. The summed E-state index contributed by atoms with van der Waals surface area (Å²) in [5.41, 5.74) is 2.16. The summed E-state index contributed by atoms with van der Waals surface area (Å²) in [6, 6.07) is 3.12. The van der Waals surface area contributed by atoms with Gasteiger partial charge in [-0.05, 0) is 84.6 Å². The molecule has 1 aromatic rings. The van der Waals surface area contributed by atoms with Gasteiger partial charge in [0.15, 0.2) is 0 Å². The van der Waals surface area contributed by atoms with E-state index in [0.717, 1.165) is 54.6 Å². The van der Waals surface area contributed by atoms with Gasteiger partial charge in [-0.25, -0.2) is 4.39 Å². The number of halogens is 1. The van der Waals surface area contributed by atoms with Crippen molar-refractivity contribution in [1.82, 2.24) is 16.0 Å². The standard InChI is InChI=1S/C32H50FN3O3/c1-8-10-18-34-20-16-32(23(3)4,17-21-36-30(37)25-13-11-19-35-24(25)5)29-26(12-9-2)28(15-14-27(29)33)39-22-31(6,7)38/h10,14-15,18,34-35,38H,3,8-9,11-13,16-17,19-22H2,1-2,4-7H3,(H,36,37)/b18-10-. The molecule has 0 saturated carbocycles. The number of ether oxygens (including phenoxy) is 1. The molecule has 1 aliphatic rings. The number of carbonyl (C=O) groups is 1. The number of benzene rings is 1. The minimum absolute atomic E-state index is 0.0733. The predicted octanol–water partition coefficient (Wildman–Crippen LogP) is 5.81. The lowest BCUT2D eigenvalue weighted by atomic mass is 9.67. The highest BCUT2D eigenvalue weighted by molar-refractivity contribution is 5.94. The summed E-state index contributed by atoms with van der Waals surface area (Å²) in [7, 11) is 0. The third-order valence-corrected chi connectivity index (χ3v) is 7.32. The average Bonchev–Trinajstić information content (AvgIpc) is 2.87. The van der Waals surface area contributed by atoms with Crippen molar-refractivity contribution in [3.8, 4) is 5.75 Å². The maximum atomic E-state index is 16.0. The van der Waals surface area contributed by atoms with Crippen LogP contribution < -0.4 is 20.7 Å². The van der Waals surface area contributed by atoms with E-state index in [9.17, 15) is 9.90 Å². The topological polar surface area (TPSA) is 82.6 Å². The number of amides is 1. The number of rotatable bonds is 16. The van der Waals surface area contributed by atoms with E-state index in [-0.39, 0.29) is 18.3 Å². The van der Waals surface area contributed by atoms with Crippen LogP contribution in [-0.2, 0) is 16.6 Å². The van der Waals surface area contributed by atoms with Crippen molar-refractivity contribution in [3.63, 3.8) is 0 Å². The highest BCUT2D eigenvalue weighted by Gasteiger charge is 2.38. The molecule has 0 spiro atoms. The summed E-state index contributed by atoms with van der Waals surface area (Å²) in [6.45, 7) is 17.7. The number of allylic oxidation sites excluding steroid dienone is 3. The quantitative estimate of drug-likeness (QED) is 0.156. The van der Waals surface area contributed by atoms with Gasteiger partial charge in [-0.3, -0.25) is 4.79 Å². The summed E-state index contributed by atoms with van der Waals surface area (Å²) in [6.07, 6.45) is 9.09. The van der Waals surface area contributed by atoms with Crippen LogP contribution in [0.2, 0.25) is 0 Å². The van der Waals surface area contributed by atoms with E-state index in [0.29, 0.717) is 43.7 Å². The molecule has 1 aromatic carbocycles. The van der Waals surface area contributed by atoms with Gasteiger partial charge in [-0.2, -0.15) is 0 Å². The van der Waals surface area contributed by atoms with Gasteiger partial charge >= 0.3 is 0 Å². The van der Waals surface area contributed by atoms with Crippen LogP contribution in [-0.4, -0.2) is 42.9 Å². The van der Waals surface area contributed by atoms with Crippen molar-refractivity contribution in [2.24, 2.45) is 0 Å². The van der Waals surface area contributed by atoms with Gasteiger partial charge in [0, 0.05) is 47.4 Å². The van der Waals surface area contributed by atoms with E-state index < -0.39 is 11.0 Å². The van der Waals surface area contributed by atoms with Crippen molar-refractivity contribution in [3.05, 3.63) is 64.8 Å². The van der Waals surface area contributed by atoms with Gasteiger partial charge in [-0.1, -0.05) is 38.5 Å². The second kappa shape index (κ2) is 15.1. The summed E-state index contributed by atoms with van der Waals surface area (Å²) in [4.78, 5) is 13.0. The Labute approximate surface area is 235 Å². The van der Waals surface area contributed by atoms with Crippen LogP contribution in [0.5, 0.6) is 5.75 Å². The van der Waals surface area contributed by atoms with Gasteiger partial charge in [0.25, 0.3) is 0 Å². The zero-order valence-electron chi connectivity index (χ0n) is 24.9. The molecular weight excluding hydrogens is 493 g/mol. The maximum Gasteiger partial charge on any atom is 0.248 e. The fraction of sp³-hybridized carbons (Fsp3) is 0.594. The fourth-order valence-corrected chi connectivity index (χ4v) is 5.21. The van der Waals surface area contributed by atoms with Gasteiger partial charge in [0.1, 0.15) is 18.2 Å². The van der Waals surface area contributed by atoms with E-state index in [2.05, 4.69) is 36.4 Å². The molecule has 0 aliphatic carbocycles. The maximum absolute atomic E-state index is 16.0. The Hall–Kier alpha value is -2.80. The molecule has 2 rings (SSSR count). The summed E-state index contributed by atoms with van der Waals surface area (Å²) in [5, 5.41) is 20.0. The van der Waals surface area contributed by atoms with Gasteiger partial charge in [-0.15, -0.1) is 0 Å². The van der Waals surface area contributed by atoms with E-state index >= 15 is 4.39 Å². The number of hydrogen-bond donors (Lipinski definition) is 4. The van der Waals surface area contributed by atoms with Crippen molar-refractivity contribution in [2.75, 3.05) is 26.2 Å². The first-order chi connectivity index (χ1) is 18.5. The molecule has 0 saturated heterocycles. The molecule has 39 heavy (non-hydrogen) atoms. The Balaban J connectivity index is 2.50. The average molecular weight is 544 g/mol. The normalized spacial score (nSPS) is 15.6. The van der Waals surface area contributed by atoms with Crippen molar-refractivity contribution < 1.29 is 19.0 Å². The molecule has 218 valence electrons. The van der Waals surface area contributed by atoms with E-state index in [1.54, 1.807) is 19.9 Å². The third-order valence-electron chi connectivity index (χ3n) is 7.32. The van der Waals surface area contributed by atoms with Gasteiger partial charge in [0.2, 0.25) is 5.91 Å². The second-order valence-electron chi connectivity index (χ2n) is 11.3. The predicted molar refractivity (Wildman–Crippen MR) is 158 cm³/mol. The van der Waals surface area contributed by atoms with E-state index in [1.807, 2.05) is 26.1 Å². The molecule has 1 aliphatic heterocycles. The highest BCUT2D eigenvalue weighted by atomic mass is 19.1. The zero-order valence-corrected chi connectivity index (χ0v) is 24.9. The Morgan fingerprint density at radius 1 is 1.26 bits per heavy atom. The minimum atomic E-state index is -1.02. The molecule has 6 nitrogen and oxygen atoms in total. The summed E-state index contributed by atoms with van der Waals surface area (Å²) >= 11 is 0. The number of aliphatic hydroxyl groups is 1. The molecule has 7 heteroatoms. The molecule has 0 bridgehead atoms. The van der Waals surface area contributed by atoms with Crippen LogP contribution in [0.1, 0.15) is 91.2 Å². The molecule has 1 atom stereocenters. The molecule has 0 fully saturated rings. The lowest BCUT2D eigenvalue weighted by Crippen LogP contribution is -2.39. The van der Waals surface area contributed by atoms with Crippen LogP contribution in [0.15, 0.2) is 47.8 Å². The molecular formula is C32H50FN3O3. The molecule has 0 radical (unpaired) electrons. The number of nitrogens with one attached hydrogen (secondary N) is 3. The number of carbonyl (C=O) groups excluding carboxylic acids is 1. The Kier molecular flexibility index (Phi) is 12.6. The smallest absolute Gasteiger partial charge is 0.248 e. The molecule has 0 aromatic heterocycles. The van der Waals surface area contributed by atoms with Crippen LogP contribution in [0.4, 0.5) is 4.39 Å². The van der Waals surface area contributed by atoms with Gasteiger partial charge in [0.05, 0.1) is 5.60 Å². The second-order valence-corrected chi connectivity index (χ2v) is 11.3. The molecule has 1 heterocycles. The largest absolute Gasteiger partial charge is 0.490 e. The van der Waals surface area contributed by atoms with Crippen molar-refractivity contribution in [2.45, 2.75) is 97.5 Å². The van der Waals surface area contributed by atoms with Crippen molar-refractivity contribution in [1.29, 1.82) is 0 Å². The monoisotopic (exact) mass is 543 g/mol. The molecule has 1 unspecified atom stereocenters. The Morgan fingerprint density at radius 3 is 2.59 bits per heavy atom. The first-order valence-corrected chi connectivity index (χ1v) is 14.4. The summed E-state index contributed by atoms with van der Waals surface area (Å²) < 4.78 is 22.0. The first kappa shape index (κ1) is 32.4. The number of hydrogen-bond acceptors (Lipinski definition) is 5. The van der Waals surface area contributed by atoms with Crippen LogP contribution in [0, 0.1) is 5.82 Å². The van der Waals surface area contributed by atoms with E-state index in [1.165, 1.54) is 6.07 Å². The Bertz CT molecular complexity index is 1040. The van der Waals surface area contributed by atoms with Crippen LogP contribution in [0.25, 0.3) is 0 Å². The lowest BCUT2D eigenvalue weighted by molar-refractivity contribution is -0.117. The summed E-state index contributed by atoms with van der Waals surface area (Å²) in [5.74, 6) is 0.205. The van der Waals surface area contributed by atoms with Crippen LogP contribution >= 0.6 is 0 Å². The molecule has 1 amide bonds. The SMILES string of the molecule is C=C(C)C(CCN/C=C\CC)(CCNC(=O)C1=C(C)NCCC1)c1c(F)ccc(OCC(C)(C)O)c1CCC. The molecule has 4 N–H and O–H groups in total. The van der Waals surface area contributed by atoms with E-state index in [4.69, 9.17) is 4.74 Å². The lowest BCUT2D eigenvalue weighted by Gasteiger charge is -2.38. The zero-order chi connectivity index (χ0) is 29.1.